The molecule has 0 aliphatic rings. The Labute approximate surface area is 112 Å². The van der Waals surface area contributed by atoms with E-state index in [9.17, 15) is 9.90 Å². The van der Waals surface area contributed by atoms with Gasteiger partial charge in [0, 0.05) is 12.4 Å². The summed E-state index contributed by atoms with van der Waals surface area (Å²) < 4.78 is 0. The third-order valence-electron chi connectivity index (χ3n) is 3.52. The zero-order chi connectivity index (χ0) is 14.2. The average molecular weight is 261 g/mol. The third-order valence-corrected chi connectivity index (χ3v) is 3.52. The number of benzene rings is 1. The lowest BCUT2D eigenvalue weighted by Gasteiger charge is -2.33. The summed E-state index contributed by atoms with van der Waals surface area (Å²) in [5, 5.41) is 10.2. The molecule has 0 atom stereocenters. The van der Waals surface area contributed by atoms with Gasteiger partial charge in [-0.25, -0.2) is 0 Å². The minimum Gasteiger partial charge on any atom is -0.397 e. The Bertz CT molecular complexity index is 616. The number of amides is 1. The van der Waals surface area contributed by atoms with Crippen LogP contribution in [0.25, 0.3) is 10.9 Å². The molecule has 0 aliphatic carbocycles. The summed E-state index contributed by atoms with van der Waals surface area (Å²) in [4.78, 5) is 16.9. The van der Waals surface area contributed by atoms with Gasteiger partial charge in [-0.05, 0) is 26.0 Å². The molecule has 5 nitrogen and oxygen atoms in total. The summed E-state index contributed by atoms with van der Waals surface area (Å²) in [5.41, 5.74) is 7.10. The van der Waals surface area contributed by atoms with Crippen LogP contribution in [0.15, 0.2) is 24.3 Å². The molecule has 0 aliphatic heterocycles. The second kappa shape index (κ2) is 4.59. The Morgan fingerprint density at radius 1 is 1.47 bits per heavy atom. The number of hydrogen-bond donors (Lipinski definition) is 3. The van der Waals surface area contributed by atoms with Crippen LogP contribution in [0.4, 0.5) is 5.69 Å². The molecule has 2 aromatic rings. The number of nitrogens with zero attached hydrogens (tertiary/aromatic N) is 1. The Morgan fingerprint density at radius 2 is 2.16 bits per heavy atom. The van der Waals surface area contributed by atoms with Crippen LogP contribution in [0.5, 0.6) is 0 Å². The van der Waals surface area contributed by atoms with Crippen molar-refractivity contribution in [2.24, 2.45) is 0 Å². The van der Waals surface area contributed by atoms with Crippen molar-refractivity contribution >= 4 is 22.5 Å². The summed E-state index contributed by atoms with van der Waals surface area (Å²) in [7, 11) is 1.67. The molecule has 19 heavy (non-hydrogen) atoms. The van der Waals surface area contributed by atoms with E-state index in [1.165, 1.54) is 4.90 Å². The molecule has 1 amide bonds. The van der Waals surface area contributed by atoms with Gasteiger partial charge in [0.25, 0.3) is 5.91 Å². The number of fused-ring (bicyclic) bond motifs is 1. The van der Waals surface area contributed by atoms with Gasteiger partial charge in [-0.1, -0.05) is 12.1 Å². The van der Waals surface area contributed by atoms with Gasteiger partial charge in [-0.3, -0.25) is 4.79 Å². The van der Waals surface area contributed by atoms with Gasteiger partial charge in [0.05, 0.1) is 23.3 Å². The van der Waals surface area contributed by atoms with Crippen molar-refractivity contribution in [3.05, 3.63) is 30.0 Å². The van der Waals surface area contributed by atoms with Gasteiger partial charge < -0.3 is 20.7 Å². The van der Waals surface area contributed by atoms with Crippen LogP contribution in [0.2, 0.25) is 0 Å². The molecule has 0 fully saturated rings. The molecule has 0 unspecified atom stereocenters. The lowest BCUT2D eigenvalue weighted by molar-refractivity contribution is 0.0468. The van der Waals surface area contributed by atoms with Crippen LogP contribution in [-0.4, -0.2) is 40.1 Å². The van der Waals surface area contributed by atoms with E-state index in [2.05, 4.69) is 4.98 Å². The molecule has 1 aromatic carbocycles. The van der Waals surface area contributed by atoms with Crippen molar-refractivity contribution in [3.8, 4) is 0 Å². The van der Waals surface area contributed by atoms with Crippen LogP contribution in [0.1, 0.15) is 24.3 Å². The van der Waals surface area contributed by atoms with Gasteiger partial charge in [-0.2, -0.15) is 0 Å². The van der Waals surface area contributed by atoms with Gasteiger partial charge in [0.2, 0.25) is 0 Å². The molecule has 2 rings (SSSR count). The Hall–Kier alpha value is -2.01. The number of aliphatic hydroxyl groups is 1. The maximum atomic E-state index is 12.4. The topological polar surface area (TPSA) is 82.3 Å². The SMILES string of the molecule is CN(C(=O)c1cc2cccc(N)c2[nH]1)C(C)(C)CO. The number of anilines is 1. The highest BCUT2D eigenvalue weighted by molar-refractivity contribution is 6.01. The standard InChI is InChI=1S/C14H19N3O2/c1-14(2,8-18)17(3)13(19)11-7-9-5-4-6-10(15)12(9)16-11/h4-7,16,18H,8,15H2,1-3H3. The van der Waals surface area contributed by atoms with Gasteiger partial charge >= 0.3 is 0 Å². The van der Waals surface area contributed by atoms with E-state index in [0.29, 0.717) is 11.4 Å². The molecule has 1 heterocycles. The zero-order valence-electron chi connectivity index (χ0n) is 11.4. The number of carbonyl (C=O) groups excluding carboxylic acids is 1. The van der Waals surface area contributed by atoms with Crippen LogP contribution < -0.4 is 5.73 Å². The molecule has 0 spiro atoms. The minimum atomic E-state index is -0.611. The zero-order valence-corrected chi connectivity index (χ0v) is 11.4. The molecule has 0 radical (unpaired) electrons. The first-order valence-corrected chi connectivity index (χ1v) is 6.13. The number of H-pyrrole nitrogens is 1. The van der Waals surface area contributed by atoms with Crippen molar-refractivity contribution in [1.29, 1.82) is 0 Å². The van der Waals surface area contributed by atoms with Crippen LogP contribution in [0, 0.1) is 0 Å². The maximum absolute atomic E-state index is 12.4. The first kappa shape index (κ1) is 13.4. The lowest BCUT2D eigenvalue weighted by atomic mass is 10.0. The van der Waals surface area contributed by atoms with Crippen molar-refractivity contribution in [1.82, 2.24) is 9.88 Å². The lowest BCUT2D eigenvalue weighted by Crippen LogP contribution is -2.47. The number of nitrogens with one attached hydrogen (secondary N) is 1. The number of rotatable bonds is 3. The molecular weight excluding hydrogens is 242 g/mol. The molecule has 0 bridgehead atoms. The summed E-state index contributed by atoms with van der Waals surface area (Å²) in [6, 6.07) is 7.31. The summed E-state index contributed by atoms with van der Waals surface area (Å²) in [5.74, 6) is -0.172. The number of nitrogen functional groups attached to an aromatic ring is 1. The highest BCUT2D eigenvalue weighted by Crippen LogP contribution is 2.23. The number of nitrogens with two attached hydrogens (primary N) is 1. The molecule has 5 heteroatoms. The second-order valence-electron chi connectivity index (χ2n) is 5.33. The fraction of sp³-hybridized carbons (Fsp3) is 0.357. The highest BCUT2D eigenvalue weighted by Gasteiger charge is 2.28. The third kappa shape index (κ3) is 2.29. The molecule has 1 aromatic heterocycles. The Morgan fingerprint density at radius 3 is 2.74 bits per heavy atom. The number of hydrogen-bond acceptors (Lipinski definition) is 3. The van der Waals surface area contributed by atoms with E-state index >= 15 is 0 Å². The van der Waals surface area contributed by atoms with Gasteiger partial charge in [0.1, 0.15) is 5.69 Å². The number of aromatic amines is 1. The number of carbonyl (C=O) groups is 1. The fourth-order valence-electron chi connectivity index (χ4n) is 1.86. The quantitative estimate of drug-likeness (QED) is 0.734. The monoisotopic (exact) mass is 261 g/mol. The molecule has 0 saturated heterocycles. The van der Waals surface area contributed by atoms with E-state index in [0.717, 1.165) is 10.9 Å². The molecular formula is C14H19N3O2. The van der Waals surface area contributed by atoms with Gasteiger partial charge in [0.15, 0.2) is 0 Å². The Balaban J connectivity index is 2.40. The number of likely N-dealkylation sites (N-methyl/N-ethyl adjacent to an activating group) is 1. The number of aliphatic hydroxyl groups excluding tert-OH is 1. The highest BCUT2D eigenvalue weighted by atomic mass is 16.3. The van der Waals surface area contributed by atoms with E-state index in [-0.39, 0.29) is 12.5 Å². The van der Waals surface area contributed by atoms with Crippen LogP contribution >= 0.6 is 0 Å². The molecule has 4 N–H and O–H groups in total. The number of para-hydroxylation sites is 1. The summed E-state index contributed by atoms with van der Waals surface area (Å²) >= 11 is 0. The first-order valence-electron chi connectivity index (χ1n) is 6.13. The van der Waals surface area contributed by atoms with Gasteiger partial charge in [-0.15, -0.1) is 0 Å². The second-order valence-corrected chi connectivity index (χ2v) is 5.33. The van der Waals surface area contributed by atoms with E-state index in [4.69, 9.17) is 5.73 Å². The van der Waals surface area contributed by atoms with E-state index < -0.39 is 5.54 Å². The summed E-state index contributed by atoms with van der Waals surface area (Å²) in [6.45, 7) is 3.52. The minimum absolute atomic E-state index is 0.0996. The first-order chi connectivity index (χ1) is 8.86. The van der Waals surface area contributed by atoms with Crippen LogP contribution in [-0.2, 0) is 0 Å². The predicted molar refractivity (Wildman–Crippen MR) is 76.0 cm³/mol. The maximum Gasteiger partial charge on any atom is 0.270 e. The normalized spacial score (nSPS) is 11.8. The average Bonchev–Trinajstić information content (AvgIpc) is 2.82. The van der Waals surface area contributed by atoms with Crippen molar-refractivity contribution in [3.63, 3.8) is 0 Å². The van der Waals surface area contributed by atoms with Crippen molar-refractivity contribution < 1.29 is 9.90 Å². The molecule has 102 valence electrons. The number of aromatic nitrogens is 1. The molecule has 0 saturated carbocycles. The van der Waals surface area contributed by atoms with E-state index in [1.807, 2.05) is 26.0 Å². The van der Waals surface area contributed by atoms with Crippen molar-refractivity contribution in [2.45, 2.75) is 19.4 Å². The van der Waals surface area contributed by atoms with Crippen LogP contribution in [0.3, 0.4) is 0 Å². The smallest absolute Gasteiger partial charge is 0.270 e. The Kier molecular flexibility index (Phi) is 3.24. The predicted octanol–water partition coefficient (Wildman–Crippen LogP) is 1.59. The summed E-state index contributed by atoms with van der Waals surface area (Å²) in [6.07, 6.45) is 0. The largest absolute Gasteiger partial charge is 0.397 e. The van der Waals surface area contributed by atoms with E-state index in [1.54, 1.807) is 19.2 Å². The fourth-order valence-corrected chi connectivity index (χ4v) is 1.86. The van der Waals surface area contributed by atoms with Crippen molar-refractivity contribution in [2.75, 3.05) is 19.4 Å².